The number of hydrogen-bond acceptors (Lipinski definition) is 2. The second-order valence-corrected chi connectivity index (χ2v) is 6.62. The third-order valence-electron chi connectivity index (χ3n) is 4.54. The van der Waals surface area contributed by atoms with Crippen LogP contribution in [0.5, 0.6) is 0 Å². The Hall–Kier alpha value is -1.84. The Balaban J connectivity index is 1.55. The van der Waals surface area contributed by atoms with Crippen molar-refractivity contribution in [2.45, 2.75) is 45.1 Å². The minimum absolute atomic E-state index is 0.0312. The maximum atomic E-state index is 12.4. The van der Waals surface area contributed by atoms with E-state index in [0.29, 0.717) is 19.0 Å². The molecule has 0 bridgehead atoms. The highest BCUT2D eigenvalue weighted by Gasteiger charge is 2.31. The van der Waals surface area contributed by atoms with Crippen LogP contribution in [0.15, 0.2) is 24.3 Å². The molecule has 0 radical (unpaired) electrons. The Labute approximate surface area is 131 Å². The predicted molar refractivity (Wildman–Crippen MR) is 85.4 cm³/mol. The van der Waals surface area contributed by atoms with Crippen molar-refractivity contribution in [1.82, 2.24) is 10.2 Å². The molecule has 0 aromatic heterocycles. The summed E-state index contributed by atoms with van der Waals surface area (Å²) >= 11 is 0. The van der Waals surface area contributed by atoms with Crippen LogP contribution in [0.4, 0.5) is 0 Å². The van der Waals surface area contributed by atoms with Crippen molar-refractivity contribution >= 4 is 11.8 Å². The van der Waals surface area contributed by atoms with Crippen LogP contribution in [0.2, 0.25) is 0 Å². The molecule has 4 heteroatoms. The molecule has 1 aliphatic carbocycles. The monoisotopic (exact) mass is 300 g/mol. The van der Waals surface area contributed by atoms with Crippen LogP contribution in [0.25, 0.3) is 0 Å². The van der Waals surface area contributed by atoms with E-state index in [1.165, 1.54) is 5.56 Å². The lowest BCUT2D eigenvalue weighted by atomic mass is 9.96. The standard InChI is InChI=1S/C18H24N2O2/c1-13-4-6-14(7-5-13)11-17(21)20-10-2-3-15(12-20)18(22)19-16-8-9-16/h4-7,15-16H,2-3,8-12H2,1H3,(H,19,22). The van der Waals surface area contributed by atoms with E-state index in [4.69, 9.17) is 0 Å². The van der Waals surface area contributed by atoms with Crippen molar-refractivity contribution in [2.24, 2.45) is 5.92 Å². The lowest BCUT2D eigenvalue weighted by Crippen LogP contribution is -2.46. The van der Waals surface area contributed by atoms with E-state index in [1.54, 1.807) is 0 Å². The van der Waals surface area contributed by atoms with Gasteiger partial charge in [0.2, 0.25) is 11.8 Å². The van der Waals surface area contributed by atoms with Crippen LogP contribution in [0.1, 0.15) is 36.8 Å². The Morgan fingerprint density at radius 2 is 1.91 bits per heavy atom. The van der Waals surface area contributed by atoms with Gasteiger partial charge in [-0.25, -0.2) is 0 Å². The molecule has 1 atom stereocenters. The third-order valence-corrected chi connectivity index (χ3v) is 4.54. The summed E-state index contributed by atoms with van der Waals surface area (Å²) in [5.74, 6) is 0.236. The van der Waals surface area contributed by atoms with E-state index >= 15 is 0 Å². The molecule has 2 fully saturated rings. The topological polar surface area (TPSA) is 49.4 Å². The normalized spacial score (nSPS) is 21.5. The predicted octanol–water partition coefficient (Wildman–Crippen LogP) is 2.05. The van der Waals surface area contributed by atoms with Crippen molar-refractivity contribution in [3.8, 4) is 0 Å². The summed E-state index contributed by atoms with van der Waals surface area (Å²) < 4.78 is 0. The molecule has 3 rings (SSSR count). The van der Waals surface area contributed by atoms with Crippen LogP contribution < -0.4 is 5.32 Å². The molecule has 1 aromatic rings. The van der Waals surface area contributed by atoms with Crippen molar-refractivity contribution in [3.63, 3.8) is 0 Å². The fraction of sp³-hybridized carbons (Fsp3) is 0.556. The van der Waals surface area contributed by atoms with Gasteiger partial charge in [-0.1, -0.05) is 29.8 Å². The number of nitrogens with zero attached hydrogens (tertiary/aromatic N) is 1. The van der Waals surface area contributed by atoms with E-state index in [2.05, 4.69) is 5.32 Å². The first-order valence-electron chi connectivity index (χ1n) is 8.25. The van der Waals surface area contributed by atoms with Crippen LogP contribution in [-0.4, -0.2) is 35.8 Å². The number of hydrogen-bond donors (Lipinski definition) is 1. The third kappa shape index (κ3) is 3.87. The second-order valence-electron chi connectivity index (χ2n) is 6.62. The van der Waals surface area contributed by atoms with E-state index in [0.717, 1.165) is 37.8 Å². The maximum absolute atomic E-state index is 12.4. The summed E-state index contributed by atoms with van der Waals surface area (Å²) in [5, 5.41) is 3.06. The van der Waals surface area contributed by atoms with Crippen molar-refractivity contribution in [2.75, 3.05) is 13.1 Å². The minimum Gasteiger partial charge on any atom is -0.353 e. The number of likely N-dealkylation sites (tertiary alicyclic amines) is 1. The van der Waals surface area contributed by atoms with Gasteiger partial charge in [0.15, 0.2) is 0 Å². The average Bonchev–Trinajstić information content (AvgIpc) is 3.33. The van der Waals surface area contributed by atoms with Crippen LogP contribution >= 0.6 is 0 Å². The van der Waals surface area contributed by atoms with Gasteiger partial charge in [0, 0.05) is 19.1 Å². The first-order valence-corrected chi connectivity index (χ1v) is 8.25. The van der Waals surface area contributed by atoms with E-state index in [9.17, 15) is 9.59 Å². The van der Waals surface area contributed by atoms with Crippen LogP contribution in [0, 0.1) is 12.8 Å². The van der Waals surface area contributed by atoms with Gasteiger partial charge < -0.3 is 10.2 Å². The van der Waals surface area contributed by atoms with Gasteiger partial charge in [0.1, 0.15) is 0 Å². The Bertz CT molecular complexity index is 549. The molecule has 1 saturated carbocycles. The molecular weight excluding hydrogens is 276 g/mol. The molecule has 1 aromatic carbocycles. The molecule has 4 nitrogen and oxygen atoms in total. The number of nitrogens with one attached hydrogen (secondary N) is 1. The van der Waals surface area contributed by atoms with Crippen molar-refractivity contribution in [1.29, 1.82) is 0 Å². The van der Waals surface area contributed by atoms with Gasteiger partial charge in [-0.15, -0.1) is 0 Å². The van der Waals surface area contributed by atoms with E-state index < -0.39 is 0 Å². The quantitative estimate of drug-likeness (QED) is 0.925. The number of aryl methyl sites for hydroxylation is 1. The van der Waals surface area contributed by atoms with Crippen LogP contribution in [0.3, 0.4) is 0 Å². The molecule has 1 N–H and O–H groups in total. The Kier molecular flexibility index (Phi) is 4.46. The fourth-order valence-electron chi connectivity index (χ4n) is 2.96. The first-order chi connectivity index (χ1) is 10.6. The molecule has 1 aliphatic heterocycles. The zero-order valence-electron chi connectivity index (χ0n) is 13.2. The largest absolute Gasteiger partial charge is 0.353 e. The van der Waals surface area contributed by atoms with E-state index in [-0.39, 0.29) is 17.7 Å². The first kappa shape index (κ1) is 15.1. The number of piperidine rings is 1. The van der Waals surface area contributed by atoms with Crippen molar-refractivity contribution < 1.29 is 9.59 Å². The molecule has 118 valence electrons. The fourth-order valence-corrected chi connectivity index (χ4v) is 2.96. The minimum atomic E-state index is -0.0312. The number of carbonyl (C=O) groups excluding carboxylic acids is 2. The molecule has 2 amide bonds. The highest BCUT2D eigenvalue weighted by molar-refractivity contribution is 5.82. The average molecular weight is 300 g/mol. The summed E-state index contributed by atoms with van der Waals surface area (Å²) in [7, 11) is 0. The summed E-state index contributed by atoms with van der Waals surface area (Å²) in [6.45, 7) is 3.39. The highest BCUT2D eigenvalue weighted by atomic mass is 16.2. The maximum Gasteiger partial charge on any atom is 0.227 e. The summed E-state index contributed by atoms with van der Waals surface area (Å²) in [4.78, 5) is 26.5. The Morgan fingerprint density at radius 1 is 1.18 bits per heavy atom. The molecule has 1 saturated heterocycles. The Morgan fingerprint density at radius 3 is 2.59 bits per heavy atom. The number of carbonyl (C=O) groups is 2. The van der Waals surface area contributed by atoms with Gasteiger partial charge in [0.05, 0.1) is 12.3 Å². The summed E-state index contributed by atoms with van der Waals surface area (Å²) in [6.07, 6.45) is 4.45. The smallest absolute Gasteiger partial charge is 0.227 e. The zero-order chi connectivity index (χ0) is 15.5. The molecule has 0 spiro atoms. The number of amides is 2. The number of benzene rings is 1. The van der Waals surface area contributed by atoms with Crippen LogP contribution in [-0.2, 0) is 16.0 Å². The molecule has 1 heterocycles. The van der Waals surface area contributed by atoms with Gasteiger partial charge in [-0.05, 0) is 38.2 Å². The van der Waals surface area contributed by atoms with Crippen molar-refractivity contribution in [3.05, 3.63) is 35.4 Å². The molecule has 2 aliphatic rings. The van der Waals surface area contributed by atoms with Gasteiger partial charge in [-0.2, -0.15) is 0 Å². The molecule has 22 heavy (non-hydrogen) atoms. The molecular formula is C18H24N2O2. The van der Waals surface area contributed by atoms with Gasteiger partial charge in [-0.3, -0.25) is 9.59 Å². The summed E-state index contributed by atoms with van der Waals surface area (Å²) in [6, 6.07) is 8.48. The SMILES string of the molecule is Cc1ccc(CC(=O)N2CCCC(C(=O)NC3CC3)C2)cc1. The lowest BCUT2D eigenvalue weighted by molar-refractivity contribution is -0.135. The zero-order valence-corrected chi connectivity index (χ0v) is 13.2. The van der Waals surface area contributed by atoms with Gasteiger partial charge >= 0.3 is 0 Å². The van der Waals surface area contributed by atoms with Gasteiger partial charge in [0.25, 0.3) is 0 Å². The lowest BCUT2D eigenvalue weighted by Gasteiger charge is -2.32. The highest BCUT2D eigenvalue weighted by Crippen LogP contribution is 2.22. The van der Waals surface area contributed by atoms with E-state index in [1.807, 2.05) is 36.1 Å². The second kappa shape index (κ2) is 6.51. The number of rotatable bonds is 4. The summed E-state index contributed by atoms with van der Waals surface area (Å²) in [5.41, 5.74) is 2.24. The molecule has 1 unspecified atom stereocenters.